The number of halogens is 2. The van der Waals surface area contributed by atoms with Gasteiger partial charge in [-0.3, -0.25) is 4.79 Å². The van der Waals surface area contributed by atoms with Crippen molar-refractivity contribution in [2.45, 2.75) is 6.61 Å². The number of rotatable bonds is 7. The van der Waals surface area contributed by atoms with E-state index in [2.05, 4.69) is 26.5 Å². The zero-order chi connectivity index (χ0) is 20.6. The van der Waals surface area contributed by atoms with Crippen LogP contribution < -0.4 is 14.9 Å². The van der Waals surface area contributed by atoms with E-state index in [4.69, 9.17) is 9.47 Å². The first-order valence-corrected chi connectivity index (χ1v) is 9.49. The molecule has 0 radical (unpaired) electrons. The predicted octanol–water partition coefficient (Wildman–Crippen LogP) is 4.94. The molecule has 0 bridgehead atoms. The lowest BCUT2D eigenvalue weighted by molar-refractivity contribution is 0.0955. The molecule has 3 aromatic carbocycles. The highest BCUT2D eigenvalue weighted by Crippen LogP contribution is 2.26. The molecule has 5 nitrogen and oxygen atoms in total. The smallest absolute Gasteiger partial charge is 0.271 e. The molecule has 29 heavy (non-hydrogen) atoms. The fourth-order valence-electron chi connectivity index (χ4n) is 2.45. The lowest BCUT2D eigenvalue weighted by Crippen LogP contribution is -2.17. The zero-order valence-corrected chi connectivity index (χ0v) is 17.1. The van der Waals surface area contributed by atoms with Crippen molar-refractivity contribution in [2.75, 3.05) is 7.11 Å². The Bertz CT molecular complexity index is 1020. The molecule has 0 atom stereocenters. The number of benzene rings is 3. The summed E-state index contributed by atoms with van der Waals surface area (Å²) < 4.78 is 24.5. The molecule has 3 aromatic rings. The van der Waals surface area contributed by atoms with Crippen molar-refractivity contribution in [3.8, 4) is 11.5 Å². The molecule has 0 unspecified atom stereocenters. The topological polar surface area (TPSA) is 59.9 Å². The van der Waals surface area contributed by atoms with Gasteiger partial charge >= 0.3 is 0 Å². The minimum Gasteiger partial charge on any atom is -0.497 e. The largest absolute Gasteiger partial charge is 0.497 e. The summed E-state index contributed by atoms with van der Waals surface area (Å²) in [6.45, 7) is 0.322. The van der Waals surface area contributed by atoms with Crippen LogP contribution in [0.1, 0.15) is 21.5 Å². The number of amides is 1. The maximum Gasteiger partial charge on any atom is 0.271 e. The summed E-state index contributed by atoms with van der Waals surface area (Å²) in [4.78, 5) is 12.1. The maximum atomic E-state index is 12.9. The normalized spacial score (nSPS) is 10.7. The molecule has 148 valence electrons. The van der Waals surface area contributed by atoms with Gasteiger partial charge in [0.25, 0.3) is 5.91 Å². The SMILES string of the molecule is COc1cccc(C(=O)N/N=C\c2ccc(OCc3ccc(F)cc3)c(Br)c2)c1. The van der Waals surface area contributed by atoms with Gasteiger partial charge in [0.15, 0.2) is 0 Å². The number of hydrazone groups is 1. The Morgan fingerprint density at radius 3 is 2.66 bits per heavy atom. The average molecular weight is 457 g/mol. The van der Waals surface area contributed by atoms with Gasteiger partial charge in [-0.25, -0.2) is 9.82 Å². The van der Waals surface area contributed by atoms with E-state index >= 15 is 0 Å². The van der Waals surface area contributed by atoms with Crippen molar-refractivity contribution in [2.24, 2.45) is 5.10 Å². The van der Waals surface area contributed by atoms with Crippen molar-refractivity contribution in [1.29, 1.82) is 0 Å². The maximum absolute atomic E-state index is 12.9. The number of methoxy groups -OCH3 is 1. The van der Waals surface area contributed by atoms with Gasteiger partial charge in [-0.1, -0.05) is 18.2 Å². The second kappa shape index (κ2) is 9.84. The third-order valence-corrected chi connectivity index (χ3v) is 4.59. The van der Waals surface area contributed by atoms with Crippen LogP contribution >= 0.6 is 15.9 Å². The Labute approximate surface area is 176 Å². The van der Waals surface area contributed by atoms with Gasteiger partial charge in [-0.05, 0) is 75.6 Å². The minimum atomic E-state index is -0.335. The van der Waals surface area contributed by atoms with Gasteiger partial charge in [0.2, 0.25) is 0 Å². The van der Waals surface area contributed by atoms with Crippen molar-refractivity contribution < 1.29 is 18.7 Å². The standard InChI is InChI=1S/C22H18BrFN2O3/c1-28-19-4-2-3-17(12-19)22(27)26-25-13-16-7-10-21(20(23)11-16)29-14-15-5-8-18(24)9-6-15/h2-13H,14H2,1H3,(H,26,27)/b25-13-. The lowest BCUT2D eigenvalue weighted by atomic mass is 10.2. The Kier molecular flexibility index (Phi) is 6.97. The van der Waals surface area contributed by atoms with E-state index in [-0.39, 0.29) is 11.7 Å². The van der Waals surface area contributed by atoms with Crippen LogP contribution in [0.15, 0.2) is 76.3 Å². The predicted molar refractivity (Wildman–Crippen MR) is 113 cm³/mol. The highest BCUT2D eigenvalue weighted by molar-refractivity contribution is 9.10. The second-order valence-electron chi connectivity index (χ2n) is 6.04. The first-order valence-electron chi connectivity index (χ1n) is 8.69. The summed E-state index contributed by atoms with van der Waals surface area (Å²) in [7, 11) is 1.54. The number of carbonyl (C=O) groups excluding carboxylic acids is 1. The fraction of sp³-hybridized carbons (Fsp3) is 0.0909. The Hall–Kier alpha value is -3.19. The van der Waals surface area contributed by atoms with Gasteiger partial charge < -0.3 is 9.47 Å². The third-order valence-electron chi connectivity index (χ3n) is 3.98. The molecule has 3 rings (SSSR count). The summed E-state index contributed by atoms with van der Waals surface area (Å²) in [5.41, 5.74) is 4.57. The highest BCUT2D eigenvalue weighted by atomic mass is 79.9. The number of hydrogen-bond acceptors (Lipinski definition) is 4. The molecule has 0 heterocycles. The van der Waals surface area contributed by atoms with Crippen molar-refractivity contribution in [1.82, 2.24) is 5.43 Å². The van der Waals surface area contributed by atoms with Crippen molar-refractivity contribution in [3.05, 3.63) is 93.7 Å². The molecule has 1 N–H and O–H groups in total. The molecule has 0 aromatic heterocycles. The molecule has 0 aliphatic carbocycles. The molecular formula is C22H18BrFN2O3. The molecule has 0 fully saturated rings. The van der Waals surface area contributed by atoms with E-state index in [1.165, 1.54) is 18.3 Å². The molecular weight excluding hydrogens is 439 g/mol. The molecule has 0 aliphatic heterocycles. The monoisotopic (exact) mass is 456 g/mol. The van der Waals surface area contributed by atoms with Crippen LogP contribution in [-0.2, 0) is 6.61 Å². The van der Waals surface area contributed by atoms with E-state index < -0.39 is 0 Å². The van der Waals surface area contributed by atoms with Crippen LogP contribution in [0, 0.1) is 5.82 Å². The summed E-state index contributed by atoms with van der Waals surface area (Å²) in [6, 6.07) is 18.4. The van der Waals surface area contributed by atoms with Crippen LogP contribution in [0.5, 0.6) is 11.5 Å². The van der Waals surface area contributed by atoms with Crippen LogP contribution in [-0.4, -0.2) is 19.2 Å². The molecule has 7 heteroatoms. The summed E-state index contributed by atoms with van der Waals surface area (Å²) in [5.74, 6) is 0.629. The van der Waals surface area contributed by atoms with Crippen molar-refractivity contribution >= 4 is 28.1 Å². The Morgan fingerprint density at radius 2 is 1.93 bits per heavy atom. The van der Waals surface area contributed by atoms with Crippen molar-refractivity contribution in [3.63, 3.8) is 0 Å². The van der Waals surface area contributed by atoms with Crippen LogP contribution in [0.3, 0.4) is 0 Å². The van der Waals surface area contributed by atoms with E-state index in [9.17, 15) is 9.18 Å². The minimum absolute atomic E-state index is 0.280. The van der Waals surface area contributed by atoms with Gasteiger partial charge in [-0.15, -0.1) is 0 Å². The van der Waals surface area contributed by atoms with E-state index in [1.54, 1.807) is 49.6 Å². The molecule has 0 saturated carbocycles. The number of hydrogen-bond donors (Lipinski definition) is 1. The third kappa shape index (κ3) is 5.89. The Balaban J connectivity index is 1.57. The van der Waals surface area contributed by atoms with Gasteiger partial charge in [-0.2, -0.15) is 5.10 Å². The molecule has 0 aliphatic rings. The van der Waals surface area contributed by atoms with Crippen LogP contribution in [0.4, 0.5) is 4.39 Å². The average Bonchev–Trinajstić information content (AvgIpc) is 2.74. The first kappa shape index (κ1) is 20.5. The van der Waals surface area contributed by atoms with E-state index in [0.29, 0.717) is 23.7 Å². The molecule has 0 saturated heterocycles. The summed E-state index contributed by atoms with van der Waals surface area (Å²) in [6.07, 6.45) is 1.53. The summed E-state index contributed by atoms with van der Waals surface area (Å²) >= 11 is 3.46. The van der Waals surface area contributed by atoms with Gasteiger partial charge in [0, 0.05) is 5.56 Å². The fourth-order valence-corrected chi connectivity index (χ4v) is 2.96. The van der Waals surface area contributed by atoms with Crippen LogP contribution in [0.25, 0.3) is 0 Å². The number of nitrogens with one attached hydrogen (secondary N) is 1. The lowest BCUT2D eigenvalue weighted by Gasteiger charge is -2.09. The first-order chi connectivity index (χ1) is 14.0. The highest BCUT2D eigenvalue weighted by Gasteiger charge is 2.06. The van der Waals surface area contributed by atoms with Gasteiger partial charge in [0.1, 0.15) is 23.9 Å². The Morgan fingerprint density at radius 1 is 1.14 bits per heavy atom. The van der Waals surface area contributed by atoms with Gasteiger partial charge in [0.05, 0.1) is 17.8 Å². The number of nitrogens with zero attached hydrogens (tertiary/aromatic N) is 1. The quantitative estimate of drug-likeness (QED) is 0.404. The number of carbonyl (C=O) groups is 1. The second-order valence-corrected chi connectivity index (χ2v) is 6.89. The van der Waals surface area contributed by atoms with E-state index in [0.717, 1.165) is 15.6 Å². The summed E-state index contributed by atoms with van der Waals surface area (Å²) in [5, 5.41) is 3.98. The van der Waals surface area contributed by atoms with Crippen LogP contribution in [0.2, 0.25) is 0 Å². The van der Waals surface area contributed by atoms with E-state index in [1.807, 2.05) is 12.1 Å². The number of ether oxygens (including phenoxy) is 2. The zero-order valence-electron chi connectivity index (χ0n) is 15.6. The molecule has 0 spiro atoms. The molecule has 1 amide bonds.